The number of fused-ring (bicyclic) bond motifs is 1. The number of alkyl halides is 1. The number of phenols is 1. The van der Waals surface area contributed by atoms with E-state index in [-0.39, 0.29) is 17.3 Å². The van der Waals surface area contributed by atoms with Crippen LogP contribution < -0.4 is 4.74 Å². The van der Waals surface area contributed by atoms with Crippen molar-refractivity contribution in [1.29, 1.82) is 0 Å². The first-order chi connectivity index (χ1) is 12.4. The van der Waals surface area contributed by atoms with Gasteiger partial charge in [-0.25, -0.2) is 0 Å². The quantitative estimate of drug-likeness (QED) is 0.745. The largest absolute Gasteiger partial charge is 0.504 e. The van der Waals surface area contributed by atoms with E-state index in [0.29, 0.717) is 29.9 Å². The minimum Gasteiger partial charge on any atom is -0.504 e. The summed E-state index contributed by atoms with van der Waals surface area (Å²) in [5.41, 5.74) is 1.81. The van der Waals surface area contributed by atoms with Gasteiger partial charge < -0.3 is 9.84 Å². The lowest BCUT2D eigenvalue weighted by atomic mass is 9.62. The first kappa shape index (κ1) is 18.6. The van der Waals surface area contributed by atoms with Gasteiger partial charge in [0.1, 0.15) is 4.32 Å². The second kappa shape index (κ2) is 6.88. The molecular formula is C21H21BrO4. The maximum absolute atomic E-state index is 13.0. The third-order valence-corrected chi connectivity index (χ3v) is 6.56. The van der Waals surface area contributed by atoms with Gasteiger partial charge in [0, 0.05) is 17.4 Å². The number of Topliss-reactive ketones (excluding diaryl/α,β-unsaturated/α-hetero) is 1. The van der Waals surface area contributed by atoms with E-state index in [1.165, 1.54) is 6.08 Å². The minimum absolute atomic E-state index is 0.0156. The Bertz CT molecular complexity index is 852. The van der Waals surface area contributed by atoms with Gasteiger partial charge in [0.15, 0.2) is 23.1 Å². The number of ketones is 2. The van der Waals surface area contributed by atoms with Crippen LogP contribution in [0.25, 0.3) is 0 Å². The van der Waals surface area contributed by atoms with E-state index in [9.17, 15) is 14.7 Å². The number of rotatable bonds is 4. The number of carbonyl (C=O) groups excluding carboxylic acids is 2. The number of hydrogen-bond acceptors (Lipinski definition) is 4. The Hall–Kier alpha value is -2.14. The summed E-state index contributed by atoms with van der Waals surface area (Å²) in [5, 5.41) is 10.8. The molecule has 0 spiro atoms. The van der Waals surface area contributed by atoms with Crippen molar-refractivity contribution < 1.29 is 19.4 Å². The highest BCUT2D eigenvalue weighted by Crippen LogP contribution is 2.56. The molecule has 0 saturated carbocycles. The van der Waals surface area contributed by atoms with E-state index in [0.717, 1.165) is 5.57 Å². The second-order valence-electron chi connectivity index (χ2n) is 6.58. The zero-order valence-corrected chi connectivity index (χ0v) is 16.4. The summed E-state index contributed by atoms with van der Waals surface area (Å²) < 4.78 is 4.35. The number of para-hydroxylation sites is 1. The van der Waals surface area contributed by atoms with Gasteiger partial charge in [-0.05, 0) is 43.6 Å². The predicted octanol–water partition coefficient (Wildman–Crippen LogP) is 4.24. The lowest BCUT2D eigenvalue weighted by Crippen LogP contribution is -2.52. The molecule has 0 fully saturated rings. The summed E-state index contributed by atoms with van der Waals surface area (Å²) in [6.45, 7) is 7.78. The van der Waals surface area contributed by atoms with Crippen LogP contribution in [0.15, 0.2) is 54.2 Å². The van der Waals surface area contributed by atoms with Gasteiger partial charge in [-0.3, -0.25) is 9.59 Å². The lowest BCUT2D eigenvalue weighted by Gasteiger charge is -2.45. The highest BCUT2D eigenvalue weighted by atomic mass is 79.9. The molecule has 1 aromatic carbocycles. The summed E-state index contributed by atoms with van der Waals surface area (Å²) >= 11 is 3.63. The van der Waals surface area contributed by atoms with Crippen molar-refractivity contribution in [3.63, 3.8) is 0 Å². The van der Waals surface area contributed by atoms with Gasteiger partial charge in [0.2, 0.25) is 0 Å². The smallest absolute Gasteiger partial charge is 0.174 e. The van der Waals surface area contributed by atoms with Crippen LogP contribution in [0, 0.1) is 5.92 Å². The fourth-order valence-electron chi connectivity index (χ4n) is 3.90. The molecule has 0 heterocycles. The van der Waals surface area contributed by atoms with E-state index >= 15 is 0 Å². The third-order valence-electron chi connectivity index (χ3n) is 5.16. The average Bonchev–Trinajstić information content (AvgIpc) is 2.62. The Kier molecular flexibility index (Phi) is 4.93. The van der Waals surface area contributed by atoms with Crippen LogP contribution in [0.4, 0.5) is 0 Å². The van der Waals surface area contributed by atoms with E-state index in [1.807, 2.05) is 13.0 Å². The zero-order chi connectivity index (χ0) is 19.1. The molecule has 0 saturated heterocycles. The van der Waals surface area contributed by atoms with E-state index in [2.05, 4.69) is 22.5 Å². The number of ether oxygens (including phenoxy) is 1. The van der Waals surface area contributed by atoms with Crippen LogP contribution >= 0.6 is 15.9 Å². The van der Waals surface area contributed by atoms with Crippen molar-refractivity contribution in [2.45, 2.75) is 30.5 Å². The molecule has 0 unspecified atom stereocenters. The summed E-state index contributed by atoms with van der Waals surface area (Å²) in [5.74, 6) is -0.945. The SMILES string of the molecule is C=CC1=CC[C@H]2C(=O)C(C)=CC(=O)[C@@]2(Br)[C@H]1c1cccc(OCC)c1O. The molecule has 1 aromatic rings. The number of allylic oxidation sites excluding steroid dienone is 5. The summed E-state index contributed by atoms with van der Waals surface area (Å²) in [4.78, 5) is 25.8. The van der Waals surface area contributed by atoms with Crippen LogP contribution in [0.1, 0.15) is 31.7 Å². The molecule has 3 atom stereocenters. The Morgan fingerprint density at radius 3 is 2.81 bits per heavy atom. The van der Waals surface area contributed by atoms with Crippen molar-refractivity contribution in [2.75, 3.05) is 6.61 Å². The molecule has 136 valence electrons. The van der Waals surface area contributed by atoms with Crippen molar-refractivity contribution in [3.05, 3.63) is 59.7 Å². The van der Waals surface area contributed by atoms with Gasteiger partial charge in [0.25, 0.3) is 0 Å². The molecule has 0 aromatic heterocycles. The Morgan fingerprint density at radius 2 is 2.15 bits per heavy atom. The second-order valence-corrected chi connectivity index (χ2v) is 7.89. The molecule has 2 aliphatic carbocycles. The van der Waals surface area contributed by atoms with Crippen molar-refractivity contribution in [3.8, 4) is 11.5 Å². The van der Waals surface area contributed by atoms with Crippen LogP contribution in [-0.4, -0.2) is 27.6 Å². The Morgan fingerprint density at radius 1 is 1.42 bits per heavy atom. The first-order valence-corrected chi connectivity index (χ1v) is 9.38. The Labute approximate surface area is 161 Å². The molecule has 1 N–H and O–H groups in total. The number of halogens is 1. The number of aromatic hydroxyl groups is 1. The minimum atomic E-state index is -1.15. The summed E-state index contributed by atoms with van der Waals surface area (Å²) in [7, 11) is 0. The summed E-state index contributed by atoms with van der Waals surface area (Å²) in [6, 6.07) is 5.21. The molecule has 26 heavy (non-hydrogen) atoms. The van der Waals surface area contributed by atoms with E-state index < -0.39 is 16.2 Å². The van der Waals surface area contributed by atoms with Crippen LogP contribution in [0.5, 0.6) is 11.5 Å². The van der Waals surface area contributed by atoms with E-state index in [1.54, 1.807) is 31.2 Å². The van der Waals surface area contributed by atoms with Crippen molar-refractivity contribution in [1.82, 2.24) is 0 Å². The van der Waals surface area contributed by atoms with Crippen LogP contribution in [0.3, 0.4) is 0 Å². The molecule has 0 bridgehead atoms. The molecular weight excluding hydrogens is 396 g/mol. The van der Waals surface area contributed by atoms with Gasteiger partial charge in [0.05, 0.1) is 6.61 Å². The molecule has 0 radical (unpaired) electrons. The van der Waals surface area contributed by atoms with Gasteiger partial charge >= 0.3 is 0 Å². The monoisotopic (exact) mass is 416 g/mol. The maximum atomic E-state index is 13.0. The molecule has 5 heteroatoms. The van der Waals surface area contributed by atoms with Crippen LogP contribution in [-0.2, 0) is 9.59 Å². The number of carbonyl (C=O) groups is 2. The number of hydrogen-bond donors (Lipinski definition) is 1. The fourth-order valence-corrected chi connectivity index (χ4v) is 4.92. The van der Waals surface area contributed by atoms with E-state index in [4.69, 9.17) is 4.74 Å². The zero-order valence-electron chi connectivity index (χ0n) is 14.8. The van der Waals surface area contributed by atoms with Gasteiger partial charge in [-0.2, -0.15) is 0 Å². The summed E-state index contributed by atoms with van der Waals surface area (Å²) in [6.07, 6.45) is 5.46. The molecule has 0 amide bonds. The standard InChI is InChI=1S/C21H21BrO4/c1-4-13-9-10-15-19(24)12(3)11-17(23)21(15,22)18(13)14-7-6-8-16(20(14)25)26-5-2/h4,6-9,11,15,18,25H,1,5,10H2,2-3H3/t15-,18+,21+/m0/s1. The molecule has 3 rings (SSSR count). The normalized spacial score (nSPS) is 28.1. The maximum Gasteiger partial charge on any atom is 0.174 e. The number of phenolic OH excluding ortho intramolecular Hbond substituents is 1. The van der Waals surface area contributed by atoms with Crippen molar-refractivity contribution >= 4 is 27.5 Å². The highest BCUT2D eigenvalue weighted by molar-refractivity contribution is 9.10. The lowest BCUT2D eigenvalue weighted by molar-refractivity contribution is -0.128. The van der Waals surface area contributed by atoms with Gasteiger partial charge in [-0.1, -0.05) is 46.8 Å². The average molecular weight is 417 g/mol. The third kappa shape index (κ3) is 2.65. The fraction of sp³-hybridized carbons (Fsp3) is 0.333. The first-order valence-electron chi connectivity index (χ1n) is 8.59. The van der Waals surface area contributed by atoms with Crippen LogP contribution in [0.2, 0.25) is 0 Å². The number of benzene rings is 1. The van der Waals surface area contributed by atoms with Crippen molar-refractivity contribution in [2.24, 2.45) is 5.92 Å². The Balaban J connectivity index is 2.24. The molecule has 4 nitrogen and oxygen atoms in total. The molecule has 2 aliphatic rings. The predicted molar refractivity (Wildman–Crippen MR) is 104 cm³/mol. The molecule has 0 aliphatic heterocycles. The topological polar surface area (TPSA) is 63.6 Å². The van der Waals surface area contributed by atoms with Gasteiger partial charge in [-0.15, -0.1) is 0 Å². The highest BCUT2D eigenvalue weighted by Gasteiger charge is 2.57.